The third-order valence-electron chi connectivity index (χ3n) is 4.98. The van der Waals surface area contributed by atoms with Gasteiger partial charge < -0.3 is 9.72 Å². The highest BCUT2D eigenvalue weighted by molar-refractivity contribution is 6.11. The molecule has 1 aromatic heterocycles. The van der Waals surface area contributed by atoms with Crippen molar-refractivity contribution < 1.29 is 9.53 Å². The lowest BCUT2D eigenvalue weighted by Crippen LogP contribution is -2.34. The summed E-state index contributed by atoms with van der Waals surface area (Å²) in [5.74, 6) is 1.14. The van der Waals surface area contributed by atoms with E-state index in [1.807, 2.05) is 24.4 Å². The van der Waals surface area contributed by atoms with Crippen molar-refractivity contribution in [2.45, 2.75) is 39.5 Å². The van der Waals surface area contributed by atoms with E-state index in [1.165, 1.54) is 6.42 Å². The first-order chi connectivity index (χ1) is 10.0. The summed E-state index contributed by atoms with van der Waals surface area (Å²) < 4.78 is 5.44. The van der Waals surface area contributed by atoms with Crippen LogP contribution in [0, 0.1) is 11.3 Å². The average molecular weight is 285 g/mol. The predicted octanol–water partition coefficient (Wildman–Crippen LogP) is 4.58. The fourth-order valence-corrected chi connectivity index (χ4v) is 3.68. The zero-order chi connectivity index (χ0) is 15.0. The third kappa shape index (κ3) is 2.35. The van der Waals surface area contributed by atoms with Crippen molar-refractivity contribution in [1.82, 2.24) is 4.98 Å². The highest BCUT2D eigenvalue weighted by Gasteiger charge is 2.38. The third-order valence-corrected chi connectivity index (χ3v) is 4.98. The minimum absolute atomic E-state index is 0.0843. The molecule has 0 amide bonds. The summed E-state index contributed by atoms with van der Waals surface area (Å²) in [6.45, 7) is 4.45. The van der Waals surface area contributed by atoms with Crippen molar-refractivity contribution in [3.8, 4) is 5.75 Å². The Bertz CT molecular complexity index is 669. The number of aromatic nitrogens is 1. The molecule has 0 aliphatic heterocycles. The van der Waals surface area contributed by atoms with Crippen LogP contribution in [-0.2, 0) is 0 Å². The van der Waals surface area contributed by atoms with Crippen LogP contribution in [0.2, 0.25) is 0 Å². The van der Waals surface area contributed by atoms with Gasteiger partial charge in [-0.1, -0.05) is 32.8 Å². The molecular weight excluding hydrogens is 262 g/mol. The smallest absolute Gasteiger partial charge is 0.168 e. The molecule has 1 aromatic carbocycles. The Morgan fingerprint density at radius 2 is 2.14 bits per heavy atom. The van der Waals surface area contributed by atoms with Gasteiger partial charge in [-0.15, -0.1) is 0 Å². The van der Waals surface area contributed by atoms with E-state index in [4.69, 9.17) is 4.74 Å². The Morgan fingerprint density at radius 1 is 1.33 bits per heavy atom. The lowest BCUT2D eigenvalue weighted by Gasteiger charge is -2.37. The number of methoxy groups -OCH3 is 1. The number of carbonyl (C=O) groups is 1. The molecule has 1 heterocycles. The van der Waals surface area contributed by atoms with Gasteiger partial charge in [0.05, 0.1) is 12.5 Å². The minimum atomic E-state index is 0.0843. The molecule has 0 radical (unpaired) electrons. The van der Waals surface area contributed by atoms with Crippen molar-refractivity contribution in [3.05, 3.63) is 30.0 Å². The maximum absolute atomic E-state index is 13.1. The monoisotopic (exact) mass is 285 g/mol. The van der Waals surface area contributed by atoms with Gasteiger partial charge in [0.25, 0.3) is 0 Å². The van der Waals surface area contributed by atoms with Crippen molar-refractivity contribution in [1.29, 1.82) is 0 Å². The molecule has 3 heteroatoms. The Labute approximate surface area is 125 Å². The summed E-state index contributed by atoms with van der Waals surface area (Å²) in [6.07, 6.45) is 6.35. The summed E-state index contributed by atoms with van der Waals surface area (Å²) >= 11 is 0. The van der Waals surface area contributed by atoms with E-state index in [2.05, 4.69) is 18.8 Å². The lowest BCUT2D eigenvalue weighted by atomic mass is 9.66. The van der Waals surface area contributed by atoms with Crippen LogP contribution in [0.1, 0.15) is 49.9 Å². The Hall–Kier alpha value is -1.77. The molecule has 112 valence electrons. The number of aromatic amines is 1. The fourth-order valence-electron chi connectivity index (χ4n) is 3.68. The second-order valence-corrected chi connectivity index (χ2v) is 6.74. The van der Waals surface area contributed by atoms with E-state index in [9.17, 15) is 4.79 Å². The van der Waals surface area contributed by atoms with E-state index < -0.39 is 0 Å². The van der Waals surface area contributed by atoms with E-state index in [0.717, 1.165) is 41.5 Å². The standard InChI is InChI=1S/C18H23NO2/c1-18(2)10-5-4-7-13(18)17(20)12-11-19-14-8-6-9-15(21-3)16(12)14/h6,8-9,11,13,19H,4-5,7,10H2,1-3H3. The largest absolute Gasteiger partial charge is 0.496 e. The molecule has 1 unspecified atom stereocenters. The van der Waals surface area contributed by atoms with Gasteiger partial charge in [0.15, 0.2) is 5.78 Å². The molecule has 0 saturated heterocycles. The quantitative estimate of drug-likeness (QED) is 0.839. The van der Waals surface area contributed by atoms with Gasteiger partial charge in [0.1, 0.15) is 5.75 Å². The number of rotatable bonds is 3. The lowest BCUT2D eigenvalue weighted by molar-refractivity contribution is 0.0699. The summed E-state index contributed by atoms with van der Waals surface area (Å²) in [6, 6.07) is 5.84. The summed E-state index contributed by atoms with van der Waals surface area (Å²) in [5, 5.41) is 0.923. The van der Waals surface area contributed by atoms with Gasteiger partial charge in [-0.25, -0.2) is 0 Å². The van der Waals surface area contributed by atoms with E-state index >= 15 is 0 Å². The van der Waals surface area contributed by atoms with Crippen LogP contribution < -0.4 is 4.74 Å². The molecule has 1 N–H and O–H groups in total. The molecule has 1 aliphatic carbocycles. The number of fused-ring (bicyclic) bond motifs is 1. The normalized spacial score (nSPS) is 21.4. The van der Waals surface area contributed by atoms with E-state index in [-0.39, 0.29) is 17.1 Å². The number of H-pyrrole nitrogens is 1. The van der Waals surface area contributed by atoms with Crippen molar-refractivity contribution in [3.63, 3.8) is 0 Å². The van der Waals surface area contributed by atoms with Gasteiger partial charge >= 0.3 is 0 Å². The first-order valence-corrected chi connectivity index (χ1v) is 7.73. The molecule has 3 rings (SSSR count). The van der Waals surface area contributed by atoms with Crippen molar-refractivity contribution in [2.24, 2.45) is 11.3 Å². The first kappa shape index (κ1) is 14.2. The van der Waals surface area contributed by atoms with E-state index in [0.29, 0.717) is 0 Å². The van der Waals surface area contributed by atoms with Crippen molar-refractivity contribution >= 4 is 16.7 Å². The first-order valence-electron chi connectivity index (χ1n) is 7.73. The number of ether oxygens (including phenoxy) is 1. The minimum Gasteiger partial charge on any atom is -0.496 e. The number of ketones is 1. The number of hydrogen-bond donors (Lipinski definition) is 1. The van der Waals surface area contributed by atoms with E-state index in [1.54, 1.807) is 7.11 Å². The summed E-state index contributed by atoms with van der Waals surface area (Å²) in [4.78, 5) is 16.3. The van der Waals surface area contributed by atoms with Crippen LogP contribution in [0.3, 0.4) is 0 Å². The van der Waals surface area contributed by atoms with Crippen LogP contribution in [0.5, 0.6) is 5.75 Å². The maximum Gasteiger partial charge on any atom is 0.168 e. The highest BCUT2D eigenvalue weighted by Crippen LogP contribution is 2.43. The molecule has 1 saturated carbocycles. The number of nitrogens with one attached hydrogen (secondary N) is 1. The zero-order valence-electron chi connectivity index (χ0n) is 13.0. The fraction of sp³-hybridized carbons (Fsp3) is 0.500. The molecule has 1 fully saturated rings. The zero-order valence-corrected chi connectivity index (χ0v) is 13.0. The van der Waals surface area contributed by atoms with Gasteiger partial charge in [0.2, 0.25) is 0 Å². The number of benzene rings is 1. The number of Topliss-reactive ketones (excluding diaryl/α,β-unsaturated/α-hetero) is 1. The molecular formula is C18H23NO2. The Morgan fingerprint density at radius 3 is 2.86 bits per heavy atom. The number of hydrogen-bond acceptors (Lipinski definition) is 2. The van der Waals surface area contributed by atoms with Crippen LogP contribution in [0.15, 0.2) is 24.4 Å². The van der Waals surface area contributed by atoms with Gasteiger partial charge in [0, 0.05) is 23.2 Å². The second kappa shape index (κ2) is 5.21. The highest BCUT2D eigenvalue weighted by atomic mass is 16.5. The van der Waals surface area contributed by atoms with Gasteiger partial charge in [-0.3, -0.25) is 4.79 Å². The molecule has 0 spiro atoms. The SMILES string of the molecule is COc1cccc2[nH]cc(C(=O)C3CCCCC3(C)C)c12. The molecule has 21 heavy (non-hydrogen) atoms. The molecule has 1 aliphatic rings. The molecule has 0 bridgehead atoms. The van der Waals surface area contributed by atoms with Crippen LogP contribution in [0.4, 0.5) is 0 Å². The van der Waals surface area contributed by atoms with Crippen molar-refractivity contribution in [2.75, 3.05) is 7.11 Å². The Kier molecular flexibility index (Phi) is 3.52. The Balaban J connectivity index is 2.06. The number of carbonyl (C=O) groups excluding carboxylic acids is 1. The molecule has 1 atom stereocenters. The molecule has 2 aromatic rings. The van der Waals surface area contributed by atoms with Crippen LogP contribution >= 0.6 is 0 Å². The summed E-state index contributed by atoms with van der Waals surface area (Å²) in [7, 11) is 1.65. The average Bonchev–Trinajstić information content (AvgIpc) is 2.90. The van der Waals surface area contributed by atoms with Gasteiger partial charge in [-0.2, -0.15) is 0 Å². The van der Waals surface area contributed by atoms with Crippen LogP contribution in [-0.4, -0.2) is 17.9 Å². The van der Waals surface area contributed by atoms with Crippen LogP contribution in [0.25, 0.3) is 10.9 Å². The van der Waals surface area contributed by atoms with Gasteiger partial charge in [-0.05, 0) is 30.4 Å². The maximum atomic E-state index is 13.1. The topological polar surface area (TPSA) is 42.1 Å². The molecule has 3 nitrogen and oxygen atoms in total. The second-order valence-electron chi connectivity index (χ2n) is 6.74. The predicted molar refractivity (Wildman–Crippen MR) is 84.9 cm³/mol. The summed E-state index contributed by atoms with van der Waals surface area (Å²) in [5.41, 5.74) is 1.83.